The number of carbonyl (C=O) groups is 2. The van der Waals surface area contributed by atoms with E-state index < -0.39 is 0 Å². The summed E-state index contributed by atoms with van der Waals surface area (Å²) < 4.78 is 0. The van der Waals surface area contributed by atoms with Gasteiger partial charge in [0.15, 0.2) is 0 Å². The second-order valence-electron chi connectivity index (χ2n) is 8.01. The first kappa shape index (κ1) is 20.8. The van der Waals surface area contributed by atoms with Gasteiger partial charge >= 0.3 is 0 Å². The highest BCUT2D eigenvalue weighted by Gasteiger charge is 2.32. The van der Waals surface area contributed by atoms with Crippen LogP contribution in [0.4, 0.5) is 0 Å². The van der Waals surface area contributed by atoms with Gasteiger partial charge in [-0.25, -0.2) is 0 Å². The summed E-state index contributed by atoms with van der Waals surface area (Å²) in [5.41, 5.74) is 3.85. The number of benzene rings is 2. The molecule has 0 bridgehead atoms. The number of aromatic amines is 1. The number of amides is 2. The molecule has 4 rings (SSSR count). The number of carbonyl (C=O) groups excluding carboxylic acids is 2. The largest absolute Gasteiger partial charge is 0.341 e. The summed E-state index contributed by atoms with van der Waals surface area (Å²) in [5.74, 6) is -0.245. The molecule has 6 nitrogen and oxygen atoms in total. The van der Waals surface area contributed by atoms with Gasteiger partial charge in [0.05, 0.1) is 5.92 Å². The predicted octanol–water partition coefficient (Wildman–Crippen LogP) is 3.63. The van der Waals surface area contributed by atoms with E-state index in [2.05, 4.69) is 47.5 Å². The zero-order chi connectivity index (χ0) is 21.6. The third-order valence-corrected chi connectivity index (χ3v) is 5.77. The van der Waals surface area contributed by atoms with Gasteiger partial charge in [0.2, 0.25) is 5.91 Å². The zero-order valence-corrected chi connectivity index (χ0v) is 17.8. The maximum atomic E-state index is 13.3. The minimum atomic E-state index is -0.271. The van der Waals surface area contributed by atoms with Crippen molar-refractivity contribution < 1.29 is 9.59 Å². The van der Waals surface area contributed by atoms with Crippen molar-refractivity contribution in [2.45, 2.75) is 19.8 Å². The van der Waals surface area contributed by atoms with Crippen LogP contribution in [-0.4, -0.2) is 58.0 Å². The molecule has 1 atom stereocenters. The number of hydrogen-bond acceptors (Lipinski definition) is 3. The van der Waals surface area contributed by atoms with Crippen molar-refractivity contribution in [3.63, 3.8) is 0 Å². The Labute approximate surface area is 182 Å². The Morgan fingerprint density at radius 1 is 1.06 bits per heavy atom. The number of rotatable bonds is 6. The van der Waals surface area contributed by atoms with Crippen molar-refractivity contribution in [2.24, 2.45) is 5.92 Å². The number of H-pyrrole nitrogens is 1. The molecule has 0 aliphatic carbocycles. The van der Waals surface area contributed by atoms with Crippen LogP contribution in [0.5, 0.6) is 0 Å². The molecule has 1 aromatic heterocycles. The summed E-state index contributed by atoms with van der Waals surface area (Å²) >= 11 is 0. The molecule has 3 aromatic rings. The molecular weight excluding hydrogens is 388 g/mol. The summed E-state index contributed by atoms with van der Waals surface area (Å²) in [6.07, 6.45) is 3.08. The van der Waals surface area contributed by atoms with E-state index in [0.717, 1.165) is 23.1 Å². The molecule has 1 aliphatic heterocycles. The summed E-state index contributed by atoms with van der Waals surface area (Å²) in [7, 11) is 0. The standard InChI is InChI=1S/C25H28N4O2/c1-2-13-28-14-15-29(25(31)23-11-12-26-27-23)18-22(24(28)30)17-19-7-6-10-21(16-19)20-8-4-3-5-9-20/h3-12,16,22H,2,13-15,17-18H2,1H3,(H,26,27). The minimum Gasteiger partial charge on any atom is -0.341 e. The molecule has 0 saturated carbocycles. The van der Waals surface area contributed by atoms with Crippen LogP contribution in [0.1, 0.15) is 29.4 Å². The average Bonchev–Trinajstić information content (AvgIpc) is 3.30. The van der Waals surface area contributed by atoms with E-state index in [1.54, 1.807) is 17.2 Å². The molecule has 31 heavy (non-hydrogen) atoms. The van der Waals surface area contributed by atoms with E-state index in [1.807, 2.05) is 29.2 Å². The van der Waals surface area contributed by atoms with Crippen LogP contribution in [0.15, 0.2) is 66.9 Å². The molecule has 0 radical (unpaired) electrons. The van der Waals surface area contributed by atoms with Crippen molar-refractivity contribution in [1.82, 2.24) is 20.0 Å². The molecular formula is C25H28N4O2. The van der Waals surface area contributed by atoms with E-state index in [-0.39, 0.29) is 17.7 Å². The van der Waals surface area contributed by atoms with Gasteiger partial charge in [-0.3, -0.25) is 14.7 Å². The van der Waals surface area contributed by atoms with Crippen LogP contribution < -0.4 is 0 Å². The first-order valence-corrected chi connectivity index (χ1v) is 10.9. The van der Waals surface area contributed by atoms with Crippen molar-refractivity contribution >= 4 is 11.8 Å². The van der Waals surface area contributed by atoms with E-state index >= 15 is 0 Å². The Balaban J connectivity index is 1.58. The predicted molar refractivity (Wildman–Crippen MR) is 120 cm³/mol. The first-order chi connectivity index (χ1) is 15.2. The first-order valence-electron chi connectivity index (χ1n) is 10.9. The lowest BCUT2D eigenvalue weighted by atomic mass is 9.94. The van der Waals surface area contributed by atoms with Gasteiger partial charge in [0.1, 0.15) is 5.69 Å². The third kappa shape index (κ3) is 4.85. The van der Waals surface area contributed by atoms with Gasteiger partial charge < -0.3 is 9.80 Å². The fourth-order valence-electron chi connectivity index (χ4n) is 4.21. The van der Waals surface area contributed by atoms with Gasteiger partial charge in [0, 0.05) is 32.4 Å². The molecule has 1 aliphatic rings. The highest BCUT2D eigenvalue weighted by Crippen LogP contribution is 2.23. The van der Waals surface area contributed by atoms with Crippen molar-refractivity contribution in [2.75, 3.05) is 26.2 Å². The number of aromatic nitrogens is 2. The Hall–Kier alpha value is -3.41. The summed E-state index contributed by atoms with van der Waals surface area (Å²) in [4.78, 5) is 30.0. The fraction of sp³-hybridized carbons (Fsp3) is 0.320. The second-order valence-corrected chi connectivity index (χ2v) is 8.01. The maximum Gasteiger partial charge on any atom is 0.271 e. The van der Waals surface area contributed by atoms with E-state index in [4.69, 9.17) is 0 Å². The Morgan fingerprint density at radius 2 is 1.87 bits per heavy atom. The van der Waals surface area contributed by atoms with Crippen molar-refractivity contribution in [3.05, 3.63) is 78.1 Å². The maximum absolute atomic E-state index is 13.3. The van der Waals surface area contributed by atoms with Crippen LogP contribution in [0.25, 0.3) is 11.1 Å². The molecule has 2 aromatic carbocycles. The Bertz CT molecular complexity index is 1020. The molecule has 1 fully saturated rings. The topological polar surface area (TPSA) is 69.3 Å². The summed E-state index contributed by atoms with van der Waals surface area (Å²) in [6, 6.07) is 20.3. The van der Waals surface area contributed by atoms with Gasteiger partial charge in [-0.2, -0.15) is 5.10 Å². The van der Waals surface area contributed by atoms with Crippen molar-refractivity contribution in [1.29, 1.82) is 0 Å². The van der Waals surface area contributed by atoms with E-state index in [0.29, 0.717) is 38.3 Å². The smallest absolute Gasteiger partial charge is 0.271 e. The number of hydrogen-bond donors (Lipinski definition) is 1. The number of nitrogens with zero attached hydrogens (tertiary/aromatic N) is 3. The summed E-state index contributed by atoms with van der Waals surface area (Å²) in [5, 5.41) is 6.65. The average molecular weight is 417 g/mol. The third-order valence-electron chi connectivity index (χ3n) is 5.77. The van der Waals surface area contributed by atoms with Gasteiger partial charge in [-0.15, -0.1) is 0 Å². The van der Waals surface area contributed by atoms with Gasteiger partial charge in [-0.05, 0) is 35.6 Å². The molecule has 160 valence electrons. The van der Waals surface area contributed by atoms with Crippen LogP contribution in [0, 0.1) is 5.92 Å². The van der Waals surface area contributed by atoms with E-state index in [9.17, 15) is 9.59 Å². The fourth-order valence-corrected chi connectivity index (χ4v) is 4.21. The monoisotopic (exact) mass is 416 g/mol. The molecule has 1 saturated heterocycles. The molecule has 6 heteroatoms. The van der Waals surface area contributed by atoms with Gasteiger partial charge in [0.25, 0.3) is 5.91 Å². The van der Waals surface area contributed by atoms with Crippen LogP contribution in [-0.2, 0) is 11.2 Å². The van der Waals surface area contributed by atoms with Crippen LogP contribution in [0.2, 0.25) is 0 Å². The minimum absolute atomic E-state index is 0.105. The highest BCUT2D eigenvalue weighted by atomic mass is 16.2. The lowest BCUT2D eigenvalue weighted by Gasteiger charge is -2.24. The Morgan fingerprint density at radius 3 is 2.61 bits per heavy atom. The molecule has 1 N–H and O–H groups in total. The van der Waals surface area contributed by atoms with Crippen LogP contribution >= 0.6 is 0 Å². The molecule has 1 unspecified atom stereocenters. The number of nitrogens with one attached hydrogen (secondary N) is 1. The lowest BCUT2D eigenvalue weighted by molar-refractivity contribution is -0.134. The SMILES string of the molecule is CCCN1CCN(C(=O)c2ccn[nH]2)CC(Cc2cccc(-c3ccccc3)c2)C1=O. The quantitative estimate of drug-likeness (QED) is 0.667. The normalized spacial score (nSPS) is 16.9. The van der Waals surface area contributed by atoms with Gasteiger partial charge in [-0.1, -0.05) is 61.5 Å². The summed E-state index contributed by atoms with van der Waals surface area (Å²) in [6.45, 7) is 4.29. The Kier molecular flexibility index (Phi) is 6.46. The zero-order valence-electron chi connectivity index (χ0n) is 17.8. The highest BCUT2D eigenvalue weighted by molar-refractivity contribution is 5.93. The second kappa shape index (κ2) is 9.60. The lowest BCUT2D eigenvalue weighted by Crippen LogP contribution is -2.38. The molecule has 2 amide bonds. The van der Waals surface area contributed by atoms with E-state index in [1.165, 1.54) is 0 Å². The molecule has 0 spiro atoms. The van der Waals surface area contributed by atoms with Crippen LogP contribution in [0.3, 0.4) is 0 Å². The van der Waals surface area contributed by atoms with Crippen molar-refractivity contribution in [3.8, 4) is 11.1 Å². The molecule has 2 heterocycles.